The Kier molecular flexibility index (Phi) is 5.40. The van der Waals surface area contributed by atoms with E-state index < -0.39 is 23.3 Å². The van der Waals surface area contributed by atoms with Crippen LogP contribution in [0.1, 0.15) is 49.0 Å². The van der Waals surface area contributed by atoms with E-state index in [1.165, 1.54) is 6.92 Å². The van der Waals surface area contributed by atoms with Crippen molar-refractivity contribution in [3.63, 3.8) is 0 Å². The Morgan fingerprint density at radius 1 is 1.04 bits per heavy atom. The molecule has 3 rings (SSSR count). The van der Waals surface area contributed by atoms with Gasteiger partial charge in [0.05, 0.1) is 12.2 Å². The van der Waals surface area contributed by atoms with Crippen LogP contribution in [0.15, 0.2) is 54.6 Å². The second-order valence-electron chi connectivity index (χ2n) is 6.75. The predicted octanol–water partition coefficient (Wildman–Crippen LogP) is 3.91. The number of benzene rings is 2. The van der Waals surface area contributed by atoms with E-state index in [0.717, 1.165) is 12.0 Å². The maximum atomic E-state index is 13.5. The Bertz CT molecular complexity index is 862. The molecule has 2 aromatic rings. The summed E-state index contributed by atoms with van der Waals surface area (Å²) in [5, 5.41) is 0. The molecule has 1 heterocycles. The van der Waals surface area contributed by atoms with Crippen LogP contribution in [-0.2, 0) is 20.9 Å². The molecule has 0 saturated carbocycles. The van der Waals surface area contributed by atoms with Gasteiger partial charge in [0.1, 0.15) is 0 Å². The summed E-state index contributed by atoms with van der Waals surface area (Å²) in [6, 6.07) is 16.5. The average molecular weight is 365 g/mol. The zero-order valence-corrected chi connectivity index (χ0v) is 15.6. The van der Waals surface area contributed by atoms with Crippen LogP contribution in [0.25, 0.3) is 0 Å². The van der Waals surface area contributed by atoms with Gasteiger partial charge >= 0.3 is 5.97 Å². The van der Waals surface area contributed by atoms with Gasteiger partial charge in [-0.15, -0.1) is 0 Å². The number of fused-ring (bicyclic) bond motifs is 1. The van der Waals surface area contributed by atoms with Crippen molar-refractivity contribution in [2.24, 2.45) is 0 Å². The smallest absolute Gasteiger partial charge is 0.304 e. The number of Topliss-reactive ketones (excluding diaryl/α,β-unsaturated/α-hetero) is 1. The molecule has 0 aliphatic carbocycles. The third kappa shape index (κ3) is 3.50. The fourth-order valence-corrected chi connectivity index (χ4v) is 3.50. The summed E-state index contributed by atoms with van der Waals surface area (Å²) < 4.78 is 5.45. The second kappa shape index (κ2) is 7.74. The fourth-order valence-electron chi connectivity index (χ4n) is 3.50. The molecule has 0 fully saturated rings. The van der Waals surface area contributed by atoms with Gasteiger partial charge in [0, 0.05) is 18.9 Å². The summed E-state index contributed by atoms with van der Waals surface area (Å²) in [5.41, 5.74) is 0.105. The van der Waals surface area contributed by atoms with Gasteiger partial charge in [0.25, 0.3) is 11.5 Å². The number of nitrogens with zero attached hydrogens (tertiary/aromatic N) is 1. The van der Waals surface area contributed by atoms with E-state index in [2.05, 4.69) is 0 Å². The molecule has 5 nitrogen and oxygen atoms in total. The molecule has 0 radical (unpaired) electrons. The minimum Gasteiger partial charge on any atom is -0.441 e. The highest BCUT2D eigenvalue weighted by atomic mass is 16.6. The summed E-state index contributed by atoms with van der Waals surface area (Å²) in [6.07, 6.45) is 1.57. The molecule has 1 unspecified atom stereocenters. The molecule has 0 bridgehead atoms. The number of hydrogen-bond acceptors (Lipinski definition) is 4. The first-order valence-electron chi connectivity index (χ1n) is 9.19. The largest absolute Gasteiger partial charge is 0.441 e. The summed E-state index contributed by atoms with van der Waals surface area (Å²) in [4.78, 5) is 40.1. The molecular weight excluding hydrogens is 342 g/mol. The van der Waals surface area contributed by atoms with Gasteiger partial charge in [-0.05, 0) is 24.1 Å². The van der Waals surface area contributed by atoms with Crippen LogP contribution in [0.4, 0.5) is 5.69 Å². The third-order valence-corrected chi connectivity index (χ3v) is 4.78. The Morgan fingerprint density at radius 2 is 1.70 bits per heavy atom. The number of unbranched alkanes of at least 4 members (excludes halogenated alkanes) is 1. The fraction of sp³-hybridized carbons (Fsp3) is 0.318. The molecule has 1 atom stereocenters. The first-order valence-corrected chi connectivity index (χ1v) is 9.19. The Balaban J connectivity index is 2.12. The van der Waals surface area contributed by atoms with Crippen molar-refractivity contribution in [1.82, 2.24) is 0 Å². The SMILES string of the molecule is CCCCC1(OC(C)=O)C(=O)c2ccccc2N(Cc2ccccc2)C1=O. The molecule has 0 aromatic heterocycles. The topological polar surface area (TPSA) is 63.7 Å². The maximum Gasteiger partial charge on any atom is 0.304 e. The Morgan fingerprint density at radius 3 is 2.37 bits per heavy atom. The number of para-hydroxylation sites is 1. The van der Waals surface area contributed by atoms with Gasteiger partial charge in [-0.3, -0.25) is 14.4 Å². The first-order chi connectivity index (χ1) is 13.0. The number of ether oxygens (including phenoxy) is 1. The number of carbonyl (C=O) groups excluding carboxylic acids is 3. The highest BCUT2D eigenvalue weighted by Crippen LogP contribution is 2.38. The van der Waals surface area contributed by atoms with Gasteiger partial charge < -0.3 is 9.64 Å². The van der Waals surface area contributed by atoms with Gasteiger partial charge in [-0.1, -0.05) is 55.8 Å². The van der Waals surface area contributed by atoms with E-state index in [4.69, 9.17) is 4.74 Å². The number of anilines is 1. The molecule has 27 heavy (non-hydrogen) atoms. The Labute approximate surface area is 158 Å². The molecule has 1 aliphatic heterocycles. The molecule has 0 spiro atoms. The number of carbonyl (C=O) groups is 3. The van der Waals surface area contributed by atoms with Gasteiger partial charge in [0.2, 0.25) is 5.78 Å². The number of esters is 1. The summed E-state index contributed by atoms with van der Waals surface area (Å²) in [7, 11) is 0. The normalized spacial score (nSPS) is 19.0. The van der Waals surface area contributed by atoms with Crippen molar-refractivity contribution < 1.29 is 19.1 Å². The number of hydrogen-bond donors (Lipinski definition) is 0. The zero-order chi connectivity index (χ0) is 19.4. The molecular formula is C22H23NO4. The standard InChI is InChI=1S/C22H23NO4/c1-3-4-14-22(27-16(2)24)20(25)18-12-8-9-13-19(18)23(21(22)26)15-17-10-6-5-7-11-17/h5-13H,3-4,14-15H2,1-2H3. The van der Waals surface area contributed by atoms with Crippen LogP contribution in [-0.4, -0.2) is 23.3 Å². The van der Waals surface area contributed by atoms with Crippen LogP contribution in [0.5, 0.6) is 0 Å². The molecule has 2 aromatic carbocycles. The first kappa shape index (κ1) is 18.8. The third-order valence-electron chi connectivity index (χ3n) is 4.78. The molecule has 1 aliphatic rings. The molecule has 5 heteroatoms. The van der Waals surface area contributed by atoms with Gasteiger partial charge in [-0.2, -0.15) is 0 Å². The van der Waals surface area contributed by atoms with Crippen molar-refractivity contribution >= 4 is 23.3 Å². The maximum absolute atomic E-state index is 13.5. The van der Waals surface area contributed by atoms with Crippen LogP contribution in [0, 0.1) is 0 Å². The molecule has 140 valence electrons. The van der Waals surface area contributed by atoms with Crippen molar-refractivity contribution in [2.75, 3.05) is 4.90 Å². The van der Waals surface area contributed by atoms with Crippen molar-refractivity contribution in [3.05, 3.63) is 65.7 Å². The lowest BCUT2D eigenvalue weighted by molar-refractivity contribution is -0.161. The minimum absolute atomic E-state index is 0.181. The van der Waals surface area contributed by atoms with Crippen LogP contribution >= 0.6 is 0 Å². The van der Waals surface area contributed by atoms with Gasteiger partial charge in [-0.25, -0.2) is 0 Å². The summed E-state index contributed by atoms with van der Waals surface area (Å²) in [5.74, 6) is -1.54. The van der Waals surface area contributed by atoms with Crippen molar-refractivity contribution in [1.29, 1.82) is 0 Å². The summed E-state index contributed by atoms with van der Waals surface area (Å²) >= 11 is 0. The highest BCUT2D eigenvalue weighted by Gasteiger charge is 2.55. The quantitative estimate of drug-likeness (QED) is 0.575. The van der Waals surface area contributed by atoms with Crippen LogP contribution in [0.3, 0.4) is 0 Å². The van der Waals surface area contributed by atoms with Crippen molar-refractivity contribution in [2.45, 2.75) is 45.3 Å². The molecule has 1 amide bonds. The van der Waals surface area contributed by atoms with E-state index in [0.29, 0.717) is 24.2 Å². The molecule has 0 N–H and O–H groups in total. The highest BCUT2D eigenvalue weighted by molar-refractivity contribution is 6.27. The average Bonchev–Trinajstić information content (AvgIpc) is 2.68. The number of rotatable bonds is 6. The second-order valence-corrected chi connectivity index (χ2v) is 6.75. The summed E-state index contributed by atoms with van der Waals surface area (Å²) in [6.45, 7) is 3.50. The minimum atomic E-state index is -1.79. The van der Waals surface area contributed by atoms with E-state index in [1.54, 1.807) is 29.2 Å². The van der Waals surface area contributed by atoms with E-state index >= 15 is 0 Å². The van der Waals surface area contributed by atoms with E-state index in [-0.39, 0.29) is 6.42 Å². The van der Waals surface area contributed by atoms with Crippen LogP contribution in [0.2, 0.25) is 0 Å². The Hall–Kier alpha value is -2.95. The van der Waals surface area contributed by atoms with Crippen molar-refractivity contribution in [3.8, 4) is 0 Å². The zero-order valence-electron chi connectivity index (χ0n) is 15.6. The monoisotopic (exact) mass is 365 g/mol. The van der Waals surface area contributed by atoms with E-state index in [9.17, 15) is 14.4 Å². The lowest BCUT2D eigenvalue weighted by Gasteiger charge is -2.40. The van der Waals surface area contributed by atoms with Gasteiger partial charge in [0.15, 0.2) is 0 Å². The lowest BCUT2D eigenvalue weighted by Crippen LogP contribution is -2.60. The van der Waals surface area contributed by atoms with Crippen LogP contribution < -0.4 is 4.90 Å². The number of amides is 1. The number of ketones is 1. The molecule has 0 saturated heterocycles. The van der Waals surface area contributed by atoms with E-state index in [1.807, 2.05) is 37.3 Å². The lowest BCUT2D eigenvalue weighted by atomic mass is 9.82. The predicted molar refractivity (Wildman–Crippen MR) is 102 cm³/mol.